The lowest BCUT2D eigenvalue weighted by Crippen LogP contribution is -2.45. The third-order valence-corrected chi connectivity index (χ3v) is 7.64. The van der Waals surface area contributed by atoms with E-state index in [4.69, 9.17) is 13.9 Å². The molecule has 0 aliphatic carbocycles. The second-order valence-electron chi connectivity index (χ2n) is 10.9. The Hall–Kier alpha value is -2.10. The Bertz CT molecular complexity index is 957. The minimum Gasteiger partial charge on any atom is -0.455 e. The van der Waals surface area contributed by atoms with E-state index in [-0.39, 0.29) is 29.9 Å². The largest absolute Gasteiger partial charge is 0.455 e. The maximum absolute atomic E-state index is 15.2. The molecule has 9 heteroatoms. The van der Waals surface area contributed by atoms with Crippen LogP contribution < -0.4 is 0 Å². The predicted molar refractivity (Wildman–Crippen MR) is 126 cm³/mol. The number of aryl methyl sites for hydroxylation is 1. The Labute approximate surface area is 205 Å². The number of rotatable bonds is 2. The fourth-order valence-corrected chi connectivity index (χ4v) is 4.86. The highest BCUT2D eigenvalue weighted by atomic mass is 19.1. The first-order valence-electron chi connectivity index (χ1n) is 12.3. The third kappa shape index (κ3) is 6.37. The van der Waals surface area contributed by atoms with Crippen LogP contribution >= 0.6 is 0 Å². The second-order valence-corrected chi connectivity index (χ2v) is 10.9. The number of cyclic esters (lactones) is 1. The first-order valence-corrected chi connectivity index (χ1v) is 12.3. The fraction of sp³-hybridized carbons (Fsp3) is 0.731. The van der Waals surface area contributed by atoms with Crippen LogP contribution in [0.5, 0.6) is 0 Å². The van der Waals surface area contributed by atoms with Crippen LogP contribution in [-0.2, 0) is 19.1 Å². The number of aliphatic hydroxyl groups excluding tert-OH is 2. The molecule has 0 spiro atoms. The number of halogens is 1. The number of aromatic nitrogens is 1. The van der Waals surface area contributed by atoms with Crippen LogP contribution in [0, 0.1) is 24.2 Å². The van der Waals surface area contributed by atoms with E-state index in [9.17, 15) is 19.8 Å². The van der Waals surface area contributed by atoms with Gasteiger partial charge in [-0.25, -0.2) is 9.37 Å². The zero-order valence-electron chi connectivity index (χ0n) is 21.4. The van der Waals surface area contributed by atoms with Crippen molar-refractivity contribution in [3.05, 3.63) is 23.7 Å². The van der Waals surface area contributed by atoms with Gasteiger partial charge in [-0.05, 0) is 25.7 Å². The van der Waals surface area contributed by atoms with Gasteiger partial charge >= 0.3 is 5.97 Å². The van der Waals surface area contributed by atoms with E-state index in [1.54, 1.807) is 27.7 Å². The third-order valence-electron chi connectivity index (χ3n) is 7.64. The summed E-state index contributed by atoms with van der Waals surface area (Å²) in [6, 6.07) is 0. The number of esters is 1. The van der Waals surface area contributed by atoms with Gasteiger partial charge < -0.3 is 24.1 Å². The van der Waals surface area contributed by atoms with Crippen molar-refractivity contribution < 1.29 is 38.1 Å². The van der Waals surface area contributed by atoms with Crippen molar-refractivity contribution in [1.82, 2.24) is 4.98 Å². The molecule has 0 aromatic carbocycles. The van der Waals surface area contributed by atoms with Crippen molar-refractivity contribution in [2.24, 2.45) is 17.3 Å². The molecule has 2 saturated heterocycles. The zero-order valence-corrected chi connectivity index (χ0v) is 21.4. The Morgan fingerprint density at radius 1 is 1.23 bits per heavy atom. The van der Waals surface area contributed by atoms with Crippen molar-refractivity contribution >= 4 is 17.8 Å². The number of Topliss-reactive ketones (excluding diaryl/α,β-unsaturated/α-hetero) is 1. The standard InChI is InChI=1S/C26H38FNO7/c1-14-8-7-9-26(6)21(35-26)11-19(18(27)10-17-13-33-16(3)28-17)34-22(30)12-20(29)25(4,5)24(32)15(2)23(14)31/h10,13-15,19-21,23,29,31H,7-9,11-12H2,1-6H3/t14-,15+,19-,20-,21-,23-,26+/m0/s1. The molecule has 2 N–H and O–H groups in total. The summed E-state index contributed by atoms with van der Waals surface area (Å²) in [7, 11) is 0. The van der Waals surface area contributed by atoms with Gasteiger partial charge in [0.2, 0.25) is 0 Å². The molecule has 2 fully saturated rings. The Kier molecular flexibility index (Phi) is 8.23. The molecule has 3 heterocycles. The SMILES string of the molecule is Cc1nc(C=C(F)[C@@H]2C[C@@H]3O[C@]3(C)CCC[C@H](C)[C@H](O)[C@@H](C)C(=O)C(C)(C)[C@@H](O)CC(=O)O2)co1. The smallest absolute Gasteiger partial charge is 0.309 e. The van der Waals surface area contributed by atoms with E-state index in [0.29, 0.717) is 18.7 Å². The average molecular weight is 496 g/mol. The van der Waals surface area contributed by atoms with Crippen molar-refractivity contribution in [1.29, 1.82) is 0 Å². The lowest BCUT2D eigenvalue weighted by Gasteiger charge is -2.34. The first-order chi connectivity index (χ1) is 16.2. The van der Waals surface area contributed by atoms with Gasteiger partial charge in [0.25, 0.3) is 0 Å². The van der Waals surface area contributed by atoms with Crippen molar-refractivity contribution in [3.8, 4) is 0 Å². The second kappa shape index (κ2) is 10.5. The molecular weight excluding hydrogens is 457 g/mol. The molecular formula is C26H38FNO7. The van der Waals surface area contributed by atoms with Crippen LogP contribution in [0.1, 0.15) is 78.3 Å². The summed E-state index contributed by atoms with van der Waals surface area (Å²) < 4.78 is 31.7. The van der Waals surface area contributed by atoms with Crippen LogP contribution in [0.25, 0.3) is 6.08 Å². The minimum atomic E-state index is -1.37. The van der Waals surface area contributed by atoms with Crippen molar-refractivity contribution in [2.45, 2.75) is 104 Å². The number of ketones is 1. The quantitative estimate of drug-likeness (QED) is 0.468. The maximum atomic E-state index is 15.2. The van der Waals surface area contributed by atoms with E-state index in [1.165, 1.54) is 6.26 Å². The summed E-state index contributed by atoms with van der Waals surface area (Å²) in [6.45, 7) is 10.2. The molecule has 0 bridgehead atoms. The summed E-state index contributed by atoms with van der Waals surface area (Å²) in [5.74, 6) is -2.37. The van der Waals surface area contributed by atoms with E-state index >= 15 is 4.39 Å². The number of carbonyl (C=O) groups excluding carboxylic acids is 2. The van der Waals surface area contributed by atoms with Gasteiger partial charge in [-0.15, -0.1) is 0 Å². The van der Waals surface area contributed by atoms with Gasteiger partial charge in [0.15, 0.2) is 12.0 Å². The Morgan fingerprint density at radius 2 is 1.91 bits per heavy atom. The van der Waals surface area contributed by atoms with Crippen molar-refractivity contribution in [2.75, 3.05) is 0 Å². The topological polar surface area (TPSA) is 122 Å². The van der Waals surface area contributed by atoms with E-state index in [2.05, 4.69) is 4.98 Å². The molecule has 0 radical (unpaired) electrons. The number of oxazole rings is 1. The van der Waals surface area contributed by atoms with E-state index < -0.39 is 53.5 Å². The molecule has 35 heavy (non-hydrogen) atoms. The molecule has 1 aromatic heterocycles. The zero-order chi connectivity index (χ0) is 26.1. The van der Waals surface area contributed by atoms with Gasteiger partial charge in [0, 0.05) is 25.3 Å². The molecule has 2 aliphatic heterocycles. The van der Waals surface area contributed by atoms with E-state index in [1.807, 2.05) is 13.8 Å². The number of hydrogen-bond acceptors (Lipinski definition) is 8. The molecule has 0 unspecified atom stereocenters. The molecule has 1 aromatic rings. The molecule has 0 amide bonds. The summed E-state index contributed by atoms with van der Waals surface area (Å²) in [4.78, 5) is 29.9. The van der Waals surface area contributed by atoms with Crippen molar-refractivity contribution in [3.63, 3.8) is 0 Å². The monoisotopic (exact) mass is 495 g/mol. The summed E-state index contributed by atoms with van der Waals surface area (Å²) in [6.07, 6.45) is 0.413. The summed E-state index contributed by atoms with van der Waals surface area (Å²) in [5.41, 5.74) is -1.53. The highest BCUT2D eigenvalue weighted by Gasteiger charge is 2.53. The van der Waals surface area contributed by atoms with Crippen LogP contribution in [0.3, 0.4) is 0 Å². The molecule has 196 valence electrons. The Balaban J connectivity index is 1.85. The number of nitrogens with zero attached hydrogens (tertiary/aromatic N) is 1. The lowest BCUT2D eigenvalue weighted by atomic mass is 9.73. The van der Waals surface area contributed by atoms with Gasteiger partial charge in [-0.2, -0.15) is 0 Å². The molecule has 2 aliphatic rings. The first kappa shape index (κ1) is 27.5. The van der Waals surface area contributed by atoms with Crippen LogP contribution in [0.4, 0.5) is 4.39 Å². The number of fused-ring (bicyclic) bond motifs is 1. The highest BCUT2D eigenvalue weighted by molar-refractivity contribution is 5.88. The Morgan fingerprint density at radius 3 is 2.54 bits per heavy atom. The maximum Gasteiger partial charge on any atom is 0.309 e. The lowest BCUT2D eigenvalue weighted by molar-refractivity contribution is -0.155. The molecule has 7 atom stereocenters. The van der Waals surface area contributed by atoms with E-state index in [0.717, 1.165) is 12.5 Å². The highest BCUT2D eigenvalue weighted by Crippen LogP contribution is 2.45. The number of aliphatic hydroxyl groups is 2. The van der Waals surface area contributed by atoms with Crippen LogP contribution in [0.15, 0.2) is 16.5 Å². The number of ether oxygens (including phenoxy) is 2. The van der Waals surface area contributed by atoms with Crippen LogP contribution in [0.2, 0.25) is 0 Å². The van der Waals surface area contributed by atoms with Gasteiger partial charge in [0.1, 0.15) is 23.6 Å². The fourth-order valence-electron chi connectivity index (χ4n) is 4.86. The van der Waals surface area contributed by atoms with Crippen LogP contribution in [-0.4, -0.2) is 57.0 Å². The normalized spacial score (nSPS) is 37.5. The number of hydrogen-bond donors (Lipinski definition) is 2. The molecule has 3 rings (SSSR count). The summed E-state index contributed by atoms with van der Waals surface area (Å²) >= 11 is 0. The summed E-state index contributed by atoms with van der Waals surface area (Å²) in [5, 5.41) is 21.5. The van der Waals surface area contributed by atoms with Gasteiger partial charge in [-0.3, -0.25) is 9.59 Å². The number of epoxide rings is 1. The van der Waals surface area contributed by atoms with Gasteiger partial charge in [0.05, 0.1) is 35.7 Å². The van der Waals surface area contributed by atoms with Gasteiger partial charge in [-0.1, -0.05) is 34.1 Å². The molecule has 0 saturated carbocycles. The number of carbonyl (C=O) groups is 2. The predicted octanol–water partition coefficient (Wildman–Crippen LogP) is 3.92. The average Bonchev–Trinajstić information content (AvgIpc) is 3.22. The minimum absolute atomic E-state index is 0.106. The molecule has 8 nitrogen and oxygen atoms in total.